The maximum absolute atomic E-state index is 12.6. The molecule has 0 spiro atoms. The summed E-state index contributed by atoms with van der Waals surface area (Å²) in [5.74, 6) is -2.45. The van der Waals surface area contributed by atoms with Crippen LogP contribution in [0.25, 0.3) is 0 Å². The second-order valence-electron chi connectivity index (χ2n) is 2.06. The van der Waals surface area contributed by atoms with Crippen LogP contribution in [0, 0.1) is 5.82 Å². The first-order valence-corrected chi connectivity index (χ1v) is 2.95. The van der Waals surface area contributed by atoms with Crippen molar-refractivity contribution in [2.45, 2.75) is 6.43 Å². The number of hydrogen-bond acceptors (Lipinski definition) is 3. The van der Waals surface area contributed by atoms with E-state index < -0.39 is 29.4 Å². The zero-order valence-electron chi connectivity index (χ0n) is 5.76. The summed E-state index contributed by atoms with van der Waals surface area (Å²) in [5.41, 5.74) is 3.49. The third-order valence-electron chi connectivity index (χ3n) is 1.25. The van der Waals surface area contributed by atoms with Crippen molar-refractivity contribution in [2.75, 3.05) is 5.73 Å². The molecule has 3 nitrogen and oxygen atoms in total. The van der Waals surface area contributed by atoms with Crippen molar-refractivity contribution in [2.24, 2.45) is 0 Å². The lowest BCUT2D eigenvalue weighted by Crippen LogP contribution is -1.98. The molecule has 0 aliphatic rings. The molecule has 1 aromatic heterocycles. The summed E-state index contributed by atoms with van der Waals surface area (Å²) >= 11 is 0. The van der Waals surface area contributed by atoms with Gasteiger partial charge in [-0.05, 0) is 0 Å². The molecule has 0 saturated carbocycles. The Kier molecular flexibility index (Phi) is 2.07. The van der Waals surface area contributed by atoms with Crippen molar-refractivity contribution in [3.63, 3.8) is 0 Å². The van der Waals surface area contributed by atoms with Crippen molar-refractivity contribution in [1.29, 1.82) is 0 Å². The first-order chi connectivity index (χ1) is 5.54. The van der Waals surface area contributed by atoms with E-state index in [9.17, 15) is 13.2 Å². The predicted octanol–water partition coefficient (Wildman–Crippen LogP) is 1.45. The molecule has 0 amide bonds. The quantitative estimate of drug-likeness (QED) is 0.684. The number of alkyl halides is 2. The average molecular weight is 178 g/mol. The molecule has 12 heavy (non-hydrogen) atoms. The minimum absolute atomic E-state index is 0.461. The van der Waals surface area contributed by atoms with Crippen LogP contribution < -0.4 is 5.73 Å². The summed E-state index contributed by atoms with van der Waals surface area (Å²) in [4.78, 5) is 3.07. The maximum atomic E-state index is 12.6. The Balaban J connectivity index is 3.27. The maximum Gasteiger partial charge on any atom is 0.284 e. The van der Waals surface area contributed by atoms with Crippen LogP contribution in [0.15, 0.2) is 6.20 Å². The van der Waals surface area contributed by atoms with Gasteiger partial charge in [-0.1, -0.05) is 0 Å². The number of nitrogens with two attached hydrogens (primary N) is 1. The van der Waals surface area contributed by atoms with Gasteiger partial charge in [-0.3, -0.25) is 0 Å². The van der Waals surface area contributed by atoms with Crippen molar-refractivity contribution in [3.8, 4) is 5.75 Å². The van der Waals surface area contributed by atoms with Crippen LogP contribution in [0.2, 0.25) is 0 Å². The number of halogens is 3. The first-order valence-electron chi connectivity index (χ1n) is 2.95. The third kappa shape index (κ3) is 1.27. The number of nitrogen functional groups attached to an aromatic ring is 1. The molecule has 0 atom stereocenters. The monoisotopic (exact) mass is 178 g/mol. The Morgan fingerprint density at radius 2 is 2.08 bits per heavy atom. The molecule has 0 saturated heterocycles. The van der Waals surface area contributed by atoms with E-state index in [1.807, 2.05) is 0 Å². The van der Waals surface area contributed by atoms with Gasteiger partial charge in [-0.2, -0.15) is 0 Å². The Morgan fingerprint density at radius 1 is 1.50 bits per heavy atom. The van der Waals surface area contributed by atoms with E-state index in [2.05, 4.69) is 4.98 Å². The van der Waals surface area contributed by atoms with E-state index in [1.54, 1.807) is 0 Å². The van der Waals surface area contributed by atoms with Gasteiger partial charge in [-0.15, -0.1) is 0 Å². The largest absolute Gasteiger partial charge is 0.503 e. The lowest BCUT2D eigenvalue weighted by atomic mass is 10.3. The normalized spacial score (nSPS) is 10.7. The molecule has 0 aromatic carbocycles. The van der Waals surface area contributed by atoms with Gasteiger partial charge in [0.2, 0.25) is 0 Å². The van der Waals surface area contributed by atoms with E-state index >= 15 is 0 Å². The van der Waals surface area contributed by atoms with Crippen molar-refractivity contribution in [1.82, 2.24) is 4.98 Å². The topological polar surface area (TPSA) is 59.1 Å². The van der Waals surface area contributed by atoms with Gasteiger partial charge < -0.3 is 10.8 Å². The van der Waals surface area contributed by atoms with Crippen molar-refractivity contribution < 1.29 is 18.3 Å². The number of hydrogen-bond donors (Lipinski definition) is 2. The molecule has 66 valence electrons. The SMILES string of the molecule is Nc1cnc(C(F)F)c(O)c1F. The van der Waals surface area contributed by atoms with Gasteiger partial charge in [0.1, 0.15) is 0 Å². The summed E-state index contributed by atoms with van der Waals surface area (Å²) in [6, 6.07) is 0. The Morgan fingerprint density at radius 3 is 2.58 bits per heavy atom. The fourth-order valence-corrected chi connectivity index (χ4v) is 0.666. The molecule has 0 aliphatic carbocycles. The van der Waals surface area contributed by atoms with Crippen LogP contribution in [0.5, 0.6) is 5.75 Å². The standard InChI is InChI=1S/C6H5F3N2O/c7-3-2(10)1-11-4(5(3)12)6(8)9/h1,6,12H,10H2. The summed E-state index contributed by atoms with van der Waals surface area (Å²) < 4.78 is 36.4. The predicted molar refractivity (Wildman–Crippen MR) is 35.2 cm³/mol. The molecule has 0 aliphatic heterocycles. The molecule has 0 radical (unpaired) electrons. The van der Waals surface area contributed by atoms with Crippen LogP contribution in [0.4, 0.5) is 18.9 Å². The molecule has 3 N–H and O–H groups in total. The highest BCUT2D eigenvalue weighted by molar-refractivity contribution is 5.45. The molecule has 1 heterocycles. The number of pyridine rings is 1. The lowest BCUT2D eigenvalue weighted by molar-refractivity contribution is 0.141. The van der Waals surface area contributed by atoms with Gasteiger partial charge in [0.15, 0.2) is 17.3 Å². The van der Waals surface area contributed by atoms with Crippen LogP contribution in [-0.2, 0) is 0 Å². The van der Waals surface area contributed by atoms with E-state index in [0.717, 1.165) is 6.20 Å². The third-order valence-corrected chi connectivity index (χ3v) is 1.25. The van der Waals surface area contributed by atoms with Crippen LogP contribution in [0.3, 0.4) is 0 Å². The zero-order valence-corrected chi connectivity index (χ0v) is 5.76. The summed E-state index contributed by atoms with van der Waals surface area (Å²) in [7, 11) is 0. The van der Waals surface area contributed by atoms with Crippen LogP contribution in [0.1, 0.15) is 12.1 Å². The lowest BCUT2D eigenvalue weighted by Gasteiger charge is -2.03. The minimum atomic E-state index is -3.01. The van der Waals surface area contributed by atoms with E-state index in [4.69, 9.17) is 10.8 Å². The first kappa shape index (κ1) is 8.63. The van der Waals surface area contributed by atoms with Gasteiger partial charge in [0.05, 0.1) is 11.9 Å². The second kappa shape index (κ2) is 2.88. The smallest absolute Gasteiger partial charge is 0.284 e. The van der Waals surface area contributed by atoms with Gasteiger partial charge in [0.25, 0.3) is 6.43 Å². The fraction of sp³-hybridized carbons (Fsp3) is 0.167. The highest BCUT2D eigenvalue weighted by Gasteiger charge is 2.19. The number of anilines is 1. The molecule has 0 fully saturated rings. The molecular weight excluding hydrogens is 173 g/mol. The van der Waals surface area contributed by atoms with Gasteiger partial charge in [0, 0.05) is 0 Å². The molecule has 1 rings (SSSR count). The highest BCUT2D eigenvalue weighted by atomic mass is 19.3. The van der Waals surface area contributed by atoms with Crippen molar-refractivity contribution in [3.05, 3.63) is 17.7 Å². The molecule has 6 heteroatoms. The molecule has 0 bridgehead atoms. The summed E-state index contributed by atoms with van der Waals surface area (Å²) in [5, 5.41) is 8.75. The zero-order chi connectivity index (χ0) is 9.30. The van der Waals surface area contributed by atoms with Gasteiger partial charge >= 0.3 is 0 Å². The van der Waals surface area contributed by atoms with E-state index in [0.29, 0.717) is 0 Å². The fourth-order valence-electron chi connectivity index (χ4n) is 0.666. The van der Waals surface area contributed by atoms with E-state index in [-0.39, 0.29) is 0 Å². The number of rotatable bonds is 1. The van der Waals surface area contributed by atoms with Crippen LogP contribution in [-0.4, -0.2) is 10.1 Å². The molecule has 0 unspecified atom stereocenters. The Hall–Kier alpha value is -1.46. The minimum Gasteiger partial charge on any atom is -0.503 e. The second-order valence-corrected chi connectivity index (χ2v) is 2.06. The molecule has 1 aromatic rings. The summed E-state index contributed by atoms with van der Waals surface area (Å²) in [6.07, 6.45) is -2.28. The highest BCUT2D eigenvalue weighted by Crippen LogP contribution is 2.30. The Labute approximate surface area is 65.6 Å². The van der Waals surface area contributed by atoms with Crippen molar-refractivity contribution >= 4 is 5.69 Å². The number of nitrogens with zero attached hydrogens (tertiary/aromatic N) is 1. The average Bonchev–Trinajstić information content (AvgIpc) is 2.00. The molecular formula is C6H5F3N2O. The van der Waals surface area contributed by atoms with Crippen LogP contribution >= 0.6 is 0 Å². The van der Waals surface area contributed by atoms with E-state index in [1.165, 1.54) is 0 Å². The Bertz CT molecular complexity index is 303. The number of aromatic hydroxyl groups is 1. The van der Waals surface area contributed by atoms with Gasteiger partial charge in [-0.25, -0.2) is 18.2 Å². The summed E-state index contributed by atoms with van der Waals surface area (Å²) in [6.45, 7) is 0. The number of aromatic nitrogens is 1.